The molecule has 2 aromatic carbocycles. The zero-order valence-corrected chi connectivity index (χ0v) is 26.2. The molecule has 2 aliphatic rings. The lowest BCUT2D eigenvalue weighted by atomic mass is 9.85. The van der Waals surface area contributed by atoms with Gasteiger partial charge in [0.25, 0.3) is 0 Å². The van der Waals surface area contributed by atoms with Gasteiger partial charge in [-0.2, -0.15) is 18.3 Å². The van der Waals surface area contributed by atoms with Gasteiger partial charge in [0.15, 0.2) is 17.7 Å². The second-order valence-corrected chi connectivity index (χ2v) is 13.4. The highest BCUT2D eigenvalue weighted by Crippen LogP contribution is 2.51. The number of aromatic nitrogens is 4. The number of nitrogens with one attached hydrogen (secondary N) is 1. The standard InChI is InChI=1S/C28H27ClF3N6O8P/c1-26(17-4-3-5-18(28(30,31)32)16(17)10-43-25(26)40)37-47(42,46-15-8-6-14(29)7-9-15)44-11-19-21(39)27(2,41)24(45-19)38-13-36-20-22(33)34-12-35-23(20)38/h3-9,12-13,19,21,24,39,41H,10-11H2,1-2H3,(H,37,42)(H2,33,34,35)/t19?,21-,24?,26?,27-,47?/m1/s1. The Labute approximate surface area is 269 Å². The molecule has 19 heteroatoms. The number of nitrogens with two attached hydrogens (primary N) is 1. The lowest BCUT2D eigenvalue weighted by molar-refractivity contribution is -0.156. The summed E-state index contributed by atoms with van der Waals surface area (Å²) in [6.07, 6.45) is -6.64. The highest BCUT2D eigenvalue weighted by Gasteiger charge is 2.55. The van der Waals surface area contributed by atoms with Gasteiger partial charge in [-0.15, -0.1) is 0 Å². The highest BCUT2D eigenvalue weighted by molar-refractivity contribution is 7.52. The summed E-state index contributed by atoms with van der Waals surface area (Å²) >= 11 is 5.96. The Kier molecular flexibility index (Phi) is 8.23. The number of carbonyl (C=O) groups excluding carboxylic acids is 1. The van der Waals surface area contributed by atoms with Crippen LogP contribution in [0.4, 0.5) is 19.0 Å². The molecule has 2 aromatic heterocycles. The van der Waals surface area contributed by atoms with Crippen LogP contribution in [-0.4, -0.2) is 60.1 Å². The highest BCUT2D eigenvalue weighted by atomic mass is 35.5. The van der Waals surface area contributed by atoms with Crippen LogP contribution in [0, 0.1) is 0 Å². The lowest BCUT2D eigenvalue weighted by Crippen LogP contribution is -2.50. The summed E-state index contributed by atoms with van der Waals surface area (Å²) in [7, 11) is -4.79. The second-order valence-electron chi connectivity index (χ2n) is 11.3. The van der Waals surface area contributed by atoms with Crippen LogP contribution in [0.2, 0.25) is 5.02 Å². The molecule has 1 saturated heterocycles. The van der Waals surface area contributed by atoms with Gasteiger partial charge in [-0.1, -0.05) is 23.7 Å². The molecule has 0 amide bonds. The number of nitrogens with zero attached hydrogens (tertiary/aromatic N) is 4. The maximum absolute atomic E-state index is 14.5. The Balaban J connectivity index is 1.32. The number of hydrogen-bond donors (Lipinski definition) is 4. The van der Waals surface area contributed by atoms with E-state index in [9.17, 15) is 32.7 Å². The first-order valence-electron chi connectivity index (χ1n) is 13.9. The summed E-state index contributed by atoms with van der Waals surface area (Å²) in [5, 5.41) is 25.2. The van der Waals surface area contributed by atoms with E-state index in [1.165, 1.54) is 61.4 Å². The Morgan fingerprint density at radius 3 is 2.62 bits per heavy atom. The van der Waals surface area contributed by atoms with E-state index < -0.39 is 68.2 Å². The minimum absolute atomic E-state index is 0.0535. The number of alkyl halides is 3. The predicted octanol–water partition coefficient (Wildman–Crippen LogP) is 3.86. The Morgan fingerprint density at radius 1 is 1.19 bits per heavy atom. The fourth-order valence-corrected chi connectivity index (χ4v) is 7.35. The van der Waals surface area contributed by atoms with Gasteiger partial charge in [0.1, 0.15) is 47.5 Å². The second kappa shape index (κ2) is 11.7. The van der Waals surface area contributed by atoms with Crippen molar-refractivity contribution >= 4 is 42.3 Å². The molecule has 6 rings (SSSR count). The fraction of sp³-hybridized carbons (Fsp3) is 0.357. The van der Waals surface area contributed by atoms with Gasteiger partial charge in [0, 0.05) is 10.6 Å². The summed E-state index contributed by atoms with van der Waals surface area (Å²) in [4.78, 5) is 25.3. The number of aliphatic hydroxyl groups excluding tert-OH is 1. The molecule has 0 aliphatic carbocycles. The number of benzene rings is 2. The molecule has 5 N–H and O–H groups in total. The van der Waals surface area contributed by atoms with Crippen LogP contribution in [0.15, 0.2) is 55.1 Å². The zero-order chi connectivity index (χ0) is 33.9. The Morgan fingerprint density at radius 2 is 1.91 bits per heavy atom. The quantitative estimate of drug-likeness (QED) is 0.153. The van der Waals surface area contributed by atoms with Gasteiger partial charge in [-0.05, 0) is 49.7 Å². The summed E-state index contributed by atoms with van der Waals surface area (Å²) < 4.78 is 79.8. The number of hydrogen-bond acceptors (Lipinski definition) is 12. The molecule has 1 fully saturated rings. The number of aliphatic hydroxyl groups is 2. The largest absolute Gasteiger partial charge is 0.460 e. The Hall–Kier alpha value is -3.83. The topological polar surface area (TPSA) is 193 Å². The van der Waals surface area contributed by atoms with Crippen molar-refractivity contribution in [3.05, 3.63) is 76.8 Å². The number of fused-ring (bicyclic) bond motifs is 2. The maximum Gasteiger partial charge on any atom is 0.460 e. The van der Waals surface area contributed by atoms with Crippen LogP contribution in [0.25, 0.3) is 11.2 Å². The third-order valence-corrected chi connectivity index (χ3v) is 9.89. The molecule has 0 radical (unpaired) electrons. The SMILES string of the molecule is CC1(NP(=O)(OCC2OC(n3cnc4c(N)ncnc43)[C@](C)(O)[C@@H]2O)Oc2ccc(Cl)cc2)C(=O)OCc2c(C(F)(F)F)cccc21. The van der Waals surface area contributed by atoms with E-state index in [0.29, 0.717) is 5.02 Å². The van der Waals surface area contributed by atoms with Gasteiger partial charge in [-0.3, -0.25) is 9.09 Å². The van der Waals surface area contributed by atoms with Gasteiger partial charge in [-0.25, -0.2) is 24.3 Å². The number of ether oxygens (including phenoxy) is 2. The molecule has 0 saturated carbocycles. The van der Waals surface area contributed by atoms with Crippen molar-refractivity contribution in [2.75, 3.05) is 12.3 Å². The minimum atomic E-state index is -4.79. The summed E-state index contributed by atoms with van der Waals surface area (Å²) in [5.74, 6) is -1.04. The maximum atomic E-state index is 14.5. The average Bonchev–Trinajstić information content (AvgIpc) is 3.53. The fourth-order valence-electron chi connectivity index (χ4n) is 5.55. The monoisotopic (exact) mass is 698 g/mol. The molecular formula is C28H27ClF3N6O8P. The number of imidazole rings is 1. The molecular weight excluding hydrogens is 672 g/mol. The molecule has 0 bridgehead atoms. The Bertz CT molecular complexity index is 1890. The van der Waals surface area contributed by atoms with E-state index in [4.69, 9.17) is 35.9 Å². The first-order valence-corrected chi connectivity index (χ1v) is 15.8. The third kappa shape index (κ3) is 5.92. The van der Waals surface area contributed by atoms with E-state index >= 15 is 0 Å². The van der Waals surface area contributed by atoms with Crippen molar-refractivity contribution in [3.8, 4) is 5.75 Å². The lowest BCUT2D eigenvalue weighted by Gasteiger charge is -2.37. The van der Waals surface area contributed by atoms with E-state index in [0.717, 1.165) is 12.1 Å². The predicted molar refractivity (Wildman–Crippen MR) is 158 cm³/mol. The number of halogens is 4. The van der Waals surface area contributed by atoms with Gasteiger partial charge in [0.05, 0.1) is 18.5 Å². The van der Waals surface area contributed by atoms with Gasteiger partial charge in [0.2, 0.25) is 0 Å². The van der Waals surface area contributed by atoms with Crippen molar-refractivity contribution in [3.63, 3.8) is 0 Å². The van der Waals surface area contributed by atoms with E-state index in [1.54, 1.807) is 0 Å². The molecule has 2 aliphatic heterocycles. The van der Waals surface area contributed by atoms with E-state index in [-0.39, 0.29) is 33.9 Å². The van der Waals surface area contributed by atoms with Crippen molar-refractivity contribution < 1.29 is 51.3 Å². The zero-order valence-electron chi connectivity index (χ0n) is 24.5. The van der Waals surface area contributed by atoms with Crippen LogP contribution in [0.1, 0.15) is 36.8 Å². The molecule has 4 aromatic rings. The number of rotatable bonds is 8. The van der Waals surface area contributed by atoms with Crippen molar-refractivity contribution in [1.82, 2.24) is 24.6 Å². The molecule has 0 spiro atoms. The average molecular weight is 699 g/mol. The number of esters is 1. The summed E-state index contributed by atoms with van der Waals surface area (Å²) in [5.41, 5.74) is 0.560. The number of nitrogen functional groups attached to an aromatic ring is 1. The van der Waals surface area contributed by atoms with Crippen molar-refractivity contribution in [2.24, 2.45) is 0 Å². The van der Waals surface area contributed by atoms with E-state index in [1.807, 2.05) is 0 Å². The first-order chi connectivity index (χ1) is 22.0. The minimum Gasteiger partial charge on any atom is -0.459 e. The molecule has 47 heavy (non-hydrogen) atoms. The van der Waals surface area contributed by atoms with Crippen molar-refractivity contribution in [2.45, 2.75) is 56.2 Å². The molecule has 6 atom stereocenters. The van der Waals surface area contributed by atoms with Crippen molar-refractivity contribution in [1.29, 1.82) is 0 Å². The van der Waals surface area contributed by atoms with Gasteiger partial charge >= 0.3 is 19.9 Å². The van der Waals surface area contributed by atoms with Gasteiger partial charge < -0.3 is 29.9 Å². The number of anilines is 1. The third-order valence-electron chi connectivity index (χ3n) is 7.98. The van der Waals surface area contributed by atoms with Crippen LogP contribution in [0.5, 0.6) is 5.75 Å². The number of carbonyl (C=O) groups is 1. The van der Waals surface area contributed by atoms with Crippen LogP contribution < -0.4 is 15.3 Å². The number of cyclic esters (lactones) is 1. The smallest absolute Gasteiger partial charge is 0.459 e. The summed E-state index contributed by atoms with van der Waals surface area (Å²) in [6.45, 7) is 1.07. The van der Waals surface area contributed by atoms with E-state index in [2.05, 4.69) is 20.0 Å². The normalized spacial score (nSPS) is 27.3. The van der Waals surface area contributed by atoms with Crippen LogP contribution in [0.3, 0.4) is 0 Å². The van der Waals surface area contributed by atoms with Crippen LogP contribution >= 0.6 is 19.3 Å². The van der Waals surface area contributed by atoms with Crippen LogP contribution in [-0.2, 0) is 41.7 Å². The summed E-state index contributed by atoms with van der Waals surface area (Å²) in [6, 6.07) is 8.73. The first kappa shape index (κ1) is 33.1. The molecule has 14 nitrogen and oxygen atoms in total. The molecule has 4 unspecified atom stereocenters. The molecule has 250 valence electrons. The molecule has 4 heterocycles.